The van der Waals surface area contributed by atoms with Gasteiger partial charge in [0.15, 0.2) is 0 Å². The Balaban J connectivity index is 3.21. The molecule has 0 fully saturated rings. The van der Waals surface area contributed by atoms with Gasteiger partial charge in [-0.1, -0.05) is 37.8 Å². The van der Waals surface area contributed by atoms with Gasteiger partial charge in [0.05, 0.1) is 13.2 Å². The Morgan fingerprint density at radius 3 is 2.64 bits per heavy atom. The minimum atomic E-state index is -0.00605. The normalized spacial score (nSPS) is 10.6. The van der Waals surface area contributed by atoms with Gasteiger partial charge in [-0.15, -0.1) is 0 Å². The van der Waals surface area contributed by atoms with Crippen LogP contribution < -0.4 is 0 Å². The molecule has 2 heteroatoms. The highest BCUT2D eigenvalue weighted by atomic mass is 16.3. The van der Waals surface area contributed by atoms with Crippen LogP contribution in [-0.4, -0.2) is 16.8 Å². The van der Waals surface area contributed by atoms with E-state index >= 15 is 0 Å². The molecule has 0 spiro atoms. The summed E-state index contributed by atoms with van der Waals surface area (Å²) >= 11 is 0. The van der Waals surface area contributed by atoms with E-state index in [0.717, 1.165) is 22.6 Å². The van der Waals surface area contributed by atoms with E-state index in [0.29, 0.717) is 0 Å². The molecule has 2 N–H and O–H groups in total. The molecule has 0 saturated heterocycles. The lowest BCUT2D eigenvalue weighted by Crippen LogP contribution is -2.04. The van der Waals surface area contributed by atoms with Crippen LogP contribution in [0.1, 0.15) is 23.6 Å². The zero-order valence-electron chi connectivity index (χ0n) is 8.33. The summed E-state index contributed by atoms with van der Waals surface area (Å²) in [4.78, 5) is 0. The summed E-state index contributed by atoms with van der Waals surface area (Å²) in [6, 6.07) is 5.64. The second-order valence-corrected chi connectivity index (χ2v) is 3.18. The van der Waals surface area contributed by atoms with Gasteiger partial charge in [-0.3, -0.25) is 0 Å². The van der Waals surface area contributed by atoms with Crippen molar-refractivity contribution in [3.05, 3.63) is 47.4 Å². The van der Waals surface area contributed by atoms with Crippen molar-refractivity contribution in [3.63, 3.8) is 0 Å². The zero-order valence-corrected chi connectivity index (χ0v) is 8.33. The summed E-state index contributed by atoms with van der Waals surface area (Å²) in [5.41, 5.74) is 2.70. The van der Waals surface area contributed by atoms with Crippen molar-refractivity contribution in [3.8, 4) is 0 Å². The van der Waals surface area contributed by atoms with Crippen LogP contribution >= 0.6 is 0 Å². The first-order chi connectivity index (χ1) is 6.74. The second kappa shape index (κ2) is 4.94. The summed E-state index contributed by atoms with van der Waals surface area (Å²) in [5, 5.41) is 18.1. The molecule has 1 aromatic carbocycles. The zero-order chi connectivity index (χ0) is 10.6. The van der Waals surface area contributed by atoms with Crippen LogP contribution in [0.25, 0.3) is 6.08 Å². The van der Waals surface area contributed by atoms with Crippen LogP contribution in [0.2, 0.25) is 0 Å². The molecular weight excluding hydrogens is 176 g/mol. The predicted molar refractivity (Wildman–Crippen MR) is 57.6 cm³/mol. The van der Waals surface area contributed by atoms with E-state index < -0.39 is 0 Å². The maximum absolute atomic E-state index is 9.11. The van der Waals surface area contributed by atoms with Crippen LogP contribution in [0, 0.1) is 5.92 Å². The van der Waals surface area contributed by atoms with E-state index in [1.54, 1.807) is 6.08 Å². The predicted octanol–water partition coefficient (Wildman–Crippen LogP) is 1.76. The highest BCUT2D eigenvalue weighted by Gasteiger charge is 2.10. The molecular formula is C12H15O2. The largest absolute Gasteiger partial charge is 0.395 e. The van der Waals surface area contributed by atoms with E-state index in [9.17, 15) is 0 Å². The van der Waals surface area contributed by atoms with Crippen molar-refractivity contribution < 1.29 is 10.2 Å². The van der Waals surface area contributed by atoms with E-state index in [-0.39, 0.29) is 13.2 Å². The summed E-state index contributed by atoms with van der Waals surface area (Å²) in [6.45, 7) is 5.59. The van der Waals surface area contributed by atoms with Gasteiger partial charge >= 0.3 is 0 Å². The fourth-order valence-corrected chi connectivity index (χ4v) is 1.45. The number of aliphatic hydroxyl groups excluding tert-OH is 2. The van der Waals surface area contributed by atoms with Gasteiger partial charge < -0.3 is 10.2 Å². The average molecular weight is 191 g/mol. The Bertz CT molecular complexity index is 318. The van der Waals surface area contributed by atoms with Crippen molar-refractivity contribution in [2.45, 2.75) is 13.5 Å². The van der Waals surface area contributed by atoms with Crippen molar-refractivity contribution in [2.75, 3.05) is 6.61 Å². The van der Waals surface area contributed by atoms with Gasteiger partial charge in [0.1, 0.15) is 0 Å². The van der Waals surface area contributed by atoms with Crippen molar-refractivity contribution in [2.24, 2.45) is 0 Å². The van der Waals surface area contributed by atoms with Crippen LogP contribution in [0.5, 0.6) is 0 Å². The van der Waals surface area contributed by atoms with Crippen LogP contribution in [0.4, 0.5) is 0 Å². The van der Waals surface area contributed by atoms with Gasteiger partial charge in [-0.2, -0.15) is 0 Å². The molecule has 1 radical (unpaired) electrons. The number of benzene rings is 1. The first kappa shape index (κ1) is 11.0. The molecule has 0 bridgehead atoms. The molecule has 0 heterocycles. The minimum absolute atomic E-state index is 0.00605. The number of hydrogen-bond acceptors (Lipinski definition) is 2. The molecule has 0 aromatic heterocycles. The standard InChI is InChI=1S/C12H15O2/c1-3-11-10(8-14)5-4-6-12(11)9(2)7-13/h3-6,13-14H,1,7-8H2,2H3. The lowest BCUT2D eigenvalue weighted by molar-refractivity contribution is 0.281. The van der Waals surface area contributed by atoms with E-state index in [1.807, 2.05) is 25.1 Å². The quantitative estimate of drug-likeness (QED) is 0.761. The van der Waals surface area contributed by atoms with Crippen LogP contribution in [-0.2, 0) is 6.61 Å². The van der Waals surface area contributed by atoms with Gasteiger partial charge in [0.25, 0.3) is 0 Å². The molecule has 0 aliphatic carbocycles. The van der Waals surface area contributed by atoms with Gasteiger partial charge in [-0.05, 0) is 16.7 Å². The van der Waals surface area contributed by atoms with Crippen molar-refractivity contribution >= 4 is 6.08 Å². The first-order valence-electron chi connectivity index (χ1n) is 4.53. The Kier molecular flexibility index (Phi) is 3.86. The van der Waals surface area contributed by atoms with Gasteiger partial charge in [0, 0.05) is 5.92 Å². The summed E-state index contributed by atoms with van der Waals surface area (Å²) in [7, 11) is 0. The smallest absolute Gasteiger partial charge is 0.0687 e. The lowest BCUT2D eigenvalue weighted by atomic mass is 9.93. The second-order valence-electron chi connectivity index (χ2n) is 3.18. The fourth-order valence-electron chi connectivity index (χ4n) is 1.45. The van der Waals surface area contributed by atoms with Gasteiger partial charge in [-0.25, -0.2) is 0 Å². The molecule has 0 atom stereocenters. The molecule has 0 unspecified atom stereocenters. The topological polar surface area (TPSA) is 40.5 Å². The molecule has 75 valence electrons. The first-order valence-corrected chi connectivity index (χ1v) is 4.53. The molecule has 2 nitrogen and oxygen atoms in total. The molecule has 14 heavy (non-hydrogen) atoms. The average Bonchev–Trinajstić information content (AvgIpc) is 2.26. The summed E-state index contributed by atoms with van der Waals surface area (Å²) < 4.78 is 0. The third kappa shape index (κ3) is 2.03. The lowest BCUT2D eigenvalue weighted by Gasteiger charge is -2.14. The third-order valence-corrected chi connectivity index (χ3v) is 2.27. The minimum Gasteiger partial charge on any atom is -0.395 e. The number of hydrogen-bond donors (Lipinski definition) is 2. The SMILES string of the molecule is C=Cc1c(CO)cccc1[C](C)CO. The van der Waals surface area contributed by atoms with E-state index in [4.69, 9.17) is 10.2 Å². The van der Waals surface area contributed by atoms with Crippen molar-refractivity contribution in [1.82, 2.24) is 0 Å². The van der Waals surface area contributed by atoms with Crippen LogP contribution in [0.15, 0.2) is 24.8 Å². The van der Waals surface area contributed by atoms with Crippen LogP contribution in [0.3, 0.4) is 0 Å². The summed E-state index contributed by atoms with van der Waals surface area (Å²) in [6.07, 6.45) is 1.71. The van der Waals surface area contributed by atoms with E-state index in [1.165, 1.54) is 0 Å². The monoisotopic (exact) mass is 191 g/mol. The molecule has 0 aliphatic heterocycles. The highest BCUT2D eigenvalue weighted by molar-refractivity contribution is 5.60. The number of rotatable bonds is 4. The Labute approximate surface area is 84.5 Å². The Morgan fingerprint density at radius 1 is 1.43 bits per heavy atom. The summed E-state index contributed by atoms with van der Waals surface area (Å²) in [5.74, 6) is 0.884. The Morgan fingerprint density at radius 2 is 2.14 bits per heavy atom. The molecule has 1 aromatic rings. The maximum Gasteiger partial charge on any atom is 0.0687 e. The van der Waals surface area contributed by atoms with Crippen molar-refractivity contribution in [1.29, 1.82) is 0 Å². The van der Waals surface area contributed by atoms with E-state index in [2.05, 4.69) is 6.58 Å². The van der Waals surface area contributed by atoms with Gasteiger partial charge in [0.2, 0.25) is 0 Å². The third-order valence-electron chi connectivity index (χ3n) is 2.27. The maximum atomic E-state index is 9.11. The molecule has 1 rings (SSSR count). The molecule has 0 amide bonds. The molecule has 0 saturated carbocycles. The number of aliphatic hydroxyl groups is 2. The Hall–Kier alpha value is -1.12. The highest BCUT2D eigenvalue weighted by Crippen LogP contribution is 2.23. The molecule has 0 aliphatic rings. The fraction of sp³-hybridized carbons (Fsp3) is 0.250.